The van der Waals surface area contributed by atoms with Crippen LogP contribution in [0.5, 0.6) is 0 Å². The molecule has 0 spiro atoms. The number of nitrogens with one attached hydrogen (secondary N) is 1. The third-order valence-electron chi connectivity index (χ3n) is 2.54. The van der Waals surface area contributed by atoms with Crippen molar-refractivity contribution in [3.05, 3.63) is 0 Å². The first-order valence-electron chi connectivity index (χ1n) is 6.07. The predicted molar refractivity (Wildman–Crippen MR) is 73.3 cm³/mol. The van der Waals surface area contributed by atoms with Crippen molar-refractivity contribution >= 4 is 16.7 Å². The van der Waals surface area contributed by atoms with Crippen molar-refractivity contribution in [1.29, 1.82) is 0 Å². The molecule has 0 saturated carbocycles. The molecule has 0 aliphatic carbocycles. The summed E-state index contributed by atoms with van der Waals surface area (Å²) in [6.45, 7) is 9.91. The first kappa shape index (κ1) is 16.6. The van der Waals surface area contributed by atoms with Crippen LogP contribution in [0.4, 0.5) is 0 Å². The Balaban J connectivity index is 4.06. The highest BCUT2D eigenvalue weighted by Gasteiger charge is 2.27. The van der Waals surface area contributed by atoms with Gasteiger partial charge in [0.15, 0.2) is 0 Å². The maximum atomic E-state index is 11.8. The molecule has 0 aromatic heterocycles. The molecule has 0 saturated heterocycles. The topological polar surface area (TPSA) is 72.2 Å². The van der Waals surface area contributed by atoms with Gasteiger partial charge >= 0.3 is 0 Å². The normalized spacial score (nSPS) is 17.3. The van der Waals surface area contributed by atoms with Crippen molar-refractivity contribution in [2.45, 2.75) is 57.7 Å². The smallest absolute Gasteiger partial charge is 0.239 e. The molecule has 0 fully saturated rings. The van der Waals surface area contributed by atoms with Crippen LogP contribution in [0, 0.1) is 0 Å². The van der Waals surface area contributed by atoms with Gasteiger partial charge in [0.1, 0.15) is 0 Å². The molecule has 0 heterocycles. The first-order valence-corrected chi connectivity index (χ1v) is 7.39. The van der Waals surface area contributed by atoms with Gasteiger partial charge in [-0.1, -0.05) is 13.3 Å². The molecule has 0 rings (SSSR count). The number of carbonyl (C=O) groups excluding carboxylic acids is 1. The number of nitrogens with two attached hydrogens (primary N) is 1. The first-order chi connectivity index (χ1) is 7.61. The standard InChI is InChI=1S/C12H26N2O2S/c1-6-7-12(5,13)10(15)14-8-9-17(16)11(2,3)4/h6-9,13H2,1-5H3,(H,14,15). The summed E-state index contributed by atoms with van der Waals surface area (Å²) in [6, 6.07) is 0. The van der Waals surface area contributed by atoms with Gasteiger partial charge in [0, 0.05) is 27.8 Å². The molecule has 17 heavy (non-hydrogen) atoms. The molecule has 3 N–H and O–H groups in total. The van der Waals surface area contributed by atoms with E-state index in [0.717, 1.165) is 6.42 Å². The minimum atomic E-state index is -0.940. The van der Waals surface area contributed by atoms with Crippen molar-refractivity contribution in [2.24, 2.45) is 5.73 Å². The summed E-state index contributed by atoms with van der Waals surface area (Å²) in [4.78, 5) is 11.8. The van der Waals surface area contributed by atoms with Crippen LogP contribution in [-0.2, 0) is 15.6 Å². The molecule has 1 amide bonds. The lowest BCUT2D eigenvalue weighted by molar-refractivity contribution is -0.125. The number of hydrogen-bond acceptors (Lipinski definition) is 3. The fraction of sp³-hybridized carbons (Fsp3) is 0.917. The van der Waals surface area contributed by atoms with E-state index in [2.05, 4.69) is 5.32 Å². The molecule has 0 radical (unpaired) electrons. The van der Waals surface area contributed by atoms with Crippen LogP contribution < -0.4 is 11.1 Å². The zero-order chi connectivity index (χ0) is 13.7. The largest absolute Gasteiger partial charge is 0.354 e. The Labute approximate surface area is 107 Å². The van der Waals surface area contributed by atoms with Crippen LogP contribution in [0.1, 0.15) is 47.5 Å². The Bertz CT molecular complexity index is 283. The number of carbonyl (C=O) groups is 1. The van der Waals surface area contributed by atoms with Crippen LogP contribution in [-0.4, -0.2) is 32.7 Å². The van der Waals surface area contributed by atoms with E-state index in [-0.39, 0.29) is 10.7 Å². The van der Waals surface area contributed by atoms with Gasteiger partial charge in [-0.15, -0.1) is 0 Å². The number of hydrogen-bond donors (Lipinski definition) is 2. The fourth-order valence-corrected chi connectivity index (χ4v) is 2.30. The molecule has 0 aliphatic heterocycles. The Morgan fingerprint density at radius 2 is 1.82 bits per heavy atom. The number of amides is 1. The van der Waals surface area contributed by atoms with Crippen LogP contribution in [0.25, 0.3) is 0 Å². The Hall–Kier alpha value is -0.420. The van der Waals surface area contributed by atoms with E-state index in [1.165, 1.54) is 0 Å². The summed E-state index contributed by atoms with van der Waals surface area (Å²) in [6.07, 6.45) is 1.52. The van der Waals surface area contributed by atoms with Gasteiger partial charge in [-0.3, -0.25) is 9.00 Å². The fourth-order valence-electron chi connectivity index (χ4n) is 1.40. The van der Waals surface area contributed by atoms with Crippen LogP contribution in [0.3, 0.4) is 0 Å². The van der Waals surface area contributed by atoms with Gasteiger partial charge in [0.25, 0.3) is 0 Å². The van der Waals surface area contributed by atoms with Gasteiger partial charge in [0.05, 0.1) is 5.54 Å². The summed E-state index contributed by atoms with van der Waals surface area (Å²) in [5.41, 5.74) is 5.06. The monoisotopic (exact) mass is 262 g/mol. The van der Waals surface area contributed by atoms with Gasteiger partial charge in [-0.2, -0.15) is 0 Å². The van der Waals surface area contributed by atoms with Crippen LogP contribution >= 0.6 is 0 Å². The minimum absolute atomic E-state index is 0.162. The van der Waals surface area contributed by atoms with Crippen molar-refractivity contribution < 1.29 is 9.00 Å². The third kappa shape index (κ3) is 6.17. The molecule has 0 aromatic rings. The van der Waals surface area contributed by atoms with Crippen LogP contribution in [0.15, 0.2) is 0 Å². The third-order valence-corrected chi connectivity index (χ3v) is 4.49. The maximum absolute atomic E-state index is 11.8. The van der Waals surface area contributed by atoms with E-state index in [1.807, 2.05) is 27.7 Å². The quantitative estimate of drug-likeness (QED) is 0.754. The molecule has 5 heteroatoms. The predicted octanol–water partition coefficient (Wildman–Crippen LogP) is 1.17. The molecule has 2 unspecified atom stereocenters. The summed E-state index contributed by atoms with van der Waals surface area (Å²) < 4.78 is 11.5. The summed E-state index contributed by atoms with van der Waals surface area (Å²) in [5, 5.41) is 2.75. The second kappa shape index (κ2) is 6.50. The SMILES string of the molecule is CCCC(C)(N)C(=O)NCCS(=O)C(C)(C)C. The molecule has 0 aliphatic rings. The molecular formula is C12H26N2O2S. The molecule has 0 bridgehead atoms. The molecule has 2 atom stereocenters. The van der Waals surface area contributed by atoms with Crippen molar-refractivity contribution in [1.82, 2.24) is 5.32 Å². The molecule has 4 nitrogen and oxygen atoms in total. The van der Waals surface area contributed by atoms with Gasteiger partial charge < -0.3 is 11.1 Å². The Morgan fingerprint density at radius 1 is 1.29 bits per heavy atom. The summed E-state index contributed by atoms with van der Waals surface area (Å²) in [7, 11) is -0.940. The van der Waals surface area contributed by atoms with E-state index < -0.39 is 16.3 Å². The second-order valence-corrected chi connectivity index (χ2v) is 7.91. The van der Waals surface area contributed by atoms with E-state index in [1.54, 1.807) is 6.92 Å². The summed E-state index contributed by atoms with van der Waals surface area (Å²) >= 11 is 0. The number of rotatable bonds is 6. The highest BCUT2D eigenvalue weighted by molar-refractivity contribution is 7.86. The van der Waals surface area contributed by atoms with Gasteiger partial charge in [-0.05, 0) is 34.1 Å². The van der Waals surface area contributed by atoms with Crippen LogP contribution in [0.2, 0.25) is 0 Å². The minimum Gasteiger partial charge on any atom is -0.354 e. The average Bonchev–Trinajstić information content (AvgIpc) is 2.15. The van der Waals surface area contributed by atoms with Crippen molar-refractivity contribution in [3.63, 3.8) is 0 Å². The molecule has 0 aromatic carbocycles. The lowest BCUT2D eigenvalue weighted by Gasteiger charge is -2.23. The molecular weight excluding hydrogens is 236 g/mol. The molecule has 102 valence electrons. The van der Waals surface area contributed by atoms with Gasteiger partial charge in [-0.25, -0.2) is 0 Å². The lowest BCUT2D eigenvalue weighted by atomic mass is 9.97. The van der Waals surface area contributed by atoms with Crippen molar-refractivity contribution in [2.75, 3.05) is 12.3 Å². The Kier molecular flexibility index (Phi) is 6.34. The van der Waals surface area contributed by atoms with E-state index in [4.69, 9.17) is 5.73 Å². The van der Waals surface area contributed by atoms with E-state index in [9.17, 15) is 9.00 Å². The van der Waals surface area contributed by atoms with Crippen molar-refractivity contribution in [3.8, 4) is 0 Å². The van der Waals surface area contributed by atoms with Gasteiger partial charge in [0.2, 0.25) is 5.91 Å². The van der Waals surface area contributed by atoms with E-state index in [0.29, 0.717) is 18.7 Å². The second-order valence-electron chi connectivity index (χ2n) is 5.59. The Morgan fingerprint density at radius 3 is 2.24 bits per heavy atom. The maximum Gasteiger partial charge on any atom is 0.239 e. The van der Waals surface area contributed by atoms with E-state index >= 15 is 0 Å². The summed E-state index contributed by atoms with van der Waals surface area (Å²) in [5.74, 6) is 0.308. The zero-order valence-corrected chi connectivity index (χ0v) is 12.4. The average molecular weight is 262 g/mol. The zero-order valence-electron chi connectivity index (χ0n) is 11.6. The lowest BCUT2D eigenvalue weighted by Crippen LogP contribution is -2.52. The highest BCUT2D eigenvalue weighted by atomic mass is 32.2. The highest BCUT2D eigenvalue weighted by Crippen LogP contribution is 2.11.